The molecule has 0 spiro atoms. The maximum atomic E-state index is 3.28. The van der Waals surface area contributed by atoms with Gasteiger partial charge in [0.05, 0.1) is 6.54 Å². The van der Waals surface area contributed by atoms with E-state index >= 15 is 0 Å². The van der Waals surface area contributed by atoms with Gasteiger partial charge in [0.1, 0.15) is 0 Å². The highest BCUT2D eigenvalue weighted by molar-refractivity contribution is 4.96. The van der Waals surface area contributed by atoms with E-state index in [1.807, 2.05) is 6.92 Å². The molecule has 0 aliphatic carbocycles. The lowest BCUT2D eigenvalue weighted by atomic mass is 10.2. The number of unbranched alkanes of at least 4 members (excludes halogenated alkanes) is 3. The molecule has 0 atom stereocenters. The van der Waals surface area contributed by atoms with Crippen LogP contribution in [-0.2, 0) is 0 Å². The molecule has 0 rings (SSSR count). The van der Waals surface area contributed by atoms with Crippen LogP contribution < -0.4 is 5.32 Å². The Bertz CT molecular complexity index is 167. The number of nitrogens with zero attached hydrogens (tertiary/aromatic N) is 1. The van der Waals surface area contributed by atoms with Gasteiger partial charge in [-0.05, 0) is 26.9 Å². The molecule has 0 aliphatic heterocycles. The first kappa shape index (κ1) is 13.5. The van der Waals surface area contributed by atoms with Gasteiger partial charge < -0.3 is 0 Å². The van der Waals surface area contributed by atoms with Crippen molar-refractivity contribution in [1.29, 1.82) is 0 Å². The van der Waals surface area contributed by atoms with Crippen molar-refractivity contribution >= 4 is 0 Å². The van der Waals surface area contributed by atoms with Gasteiger partial charge in [0, 0.05) is 6.67 Å². The van der Waals surface area contributed by atoms with E-state index in [0.29, 0.717) is 0 Å². The Morgan fingerprint density at radius 1 is 1.21 bits per heavy atom. The molecule has 0 bridgehead atoms. The summed E-state index contributed by atoms with van der Waals surface area (Å²) in [5, 5.41) is 3.28. The Morgan fingerprint density at radius 3 is 2.64 bits per heavy atom. The molecule has 0 aliphatic rings. The summed E-state index contributed by atoms with van der Waals surface area (Å²) in [5.74, 6) is 5.86. The van der Waals surface area contributed by atoms with E-state index in [1.165, 1.54) is 32.2 Å². The molecule has 0 unspecified atom stereocenters. The van der Waals surface area contributed by atoms with Gasteiger partial charge in [0.15, 0.2) is 0 Å². The van der Waals surface area contributed by atoms with E-state index in [2.05, 4.69) is 36.0 Å². The van der Waals surface area contributed by atoms with Crippen LogP contribution in [0.1, 0.15) is 39.5 Å². The van der Waals surface area contributed by atoms with E-state index in [9.17, 15) is 0 Å². The van der Waals surface area contributed by atoms with E-state index in [4.69, 9.17) is 0 Å². The molecule has 2 heteroatoms. The average molecular weight is 196 g/mol. The molecule has 0 saturated carbocycles. The molecule has 0 fully saturated rings. The van der Waals surface area contributed by atoms with Crippen molar-refractivity contribution in [2.24, 2.45) is 0 Å². The smallest absolute Gasteiger partial charge is 0.0586 e. The fourth-order valence-corrected chi connectivity index (χ4v) is 1.29. The van der Waals surface area contributed by atoms with Crippen molar-refractivity contribution in [1.82, 2.24) is 10.2 Å². The highest BCUT2D eigenvalue weighted by atomic mass is 15.2. The van der Waals surface area contributed by atoms with Crippen LogP contribution in [0.3, 0.4) is 0 Å². The molecule has 0 aromatic heterocycles. The van der Waals surface area contributed by atoms with Crippen LogP contribution >= 0.6 is 0 Å². The van der Waals surface area contributed by atoms with Crippen molar-refractivity contribution < 1.29 is 0 Å². The van der Waals surface area contributed by atoms with Gasteiger partial charge in [0.2, 0.25) is 0 Å². The van der Waals surface area contributed by atoms with Crippen LogP contribution in [0.4, 0.5) is 0 Å². The summed E-state index contributed by atoms with van der Waals surface area (Å²) in [6.07, 6.45) is 5.34. The quantitative estimate of drug-likeness (QED) is 0.363. The van der Waals surface area contributed by atoms with Crippen molar-refractivity contribution in [2.75, 3.05) is 26.8 Å². The molecule has 0 amide bonds. The summed E-state index contributed by atoms with van der Waals surface area (Å²) in [6, 6.07) is 0. The third kappa shape index (κ3) is 9.57. The summed E-state index contributed by atoms with van der Waals surface area (Å²) in [4.78, 5) is 2.31. The Labute approximate surface area is 89.1 Å². The molecular weight excluding hydrogens is 172 g/mol. The Hall–Kier alpha value is -0.520. The third-order valence-corrected chi connectivity index (χ3v) is 2.17. The molecule has 0 heterocycles. The van der Waals surface area contributed by atoms with Crippen LogP contribution in [0.2, 0.25) is 0 Å². The second-order valence-electron chi connectivity index (χ2n) is 3.65. The number of hydrogen-bond acceptors (Lipinski definition) is 2. The molecule has 0 saturated heterocycles. The zero-order valence-electron chi connectivity index (χ0n) is 9.90. The maximum Gasteiger partial charge on any atom is 0.0586 e. The molecule has 0 aromatic carbocycles. The van der Waals surface area contributed by atoms with E-state index < -0.39 is 0 Å². The summed E-state index contributed by atoms with van der Waals surface area (Å²) in [6.45, 7) is 7.05. The van der Waals surface area contributed by atoms with Gasteiger partial charge in [-0.1, -0.05) is 32.1 Å². The lowest BCUT2D eigenvalue weighted by Gasteiger charge is -2.16. The Balaban J connectivity index is 3.17. The SMILES string of the molecule is CC#CCNCN(C)CCCCCC. The lowest BCUT2D eigenvalue weighted by Crippen LogP contribution is -2.32. The fraction of sp³-hybridized carbons (Fsp3) is 0.833. The summed E-state index contributed by atoms with van der Waals surface area (Å²) < 4.78 is 0. The first-order valence-electron chi connectivity index (χ1n) is 5.60. The Morgan fingerprint density at radius 2 is 2.00 bits per heavy atom. The van der Waals surface area contributed by atoms with Gasteiger partial charge in [-0.3, -0.25) is 10.2 Å². The second-order valence-corrected chi connectivity index (χ2v) is 3.65. The standard InChI is InChI=1S/C12H24N2/c1-4-6-8-9-11-14(3)12-13-10-7-5-2/h13H,4,6,8-12H2,1-3H3. The minimum atomic E-state index is 0.801. The zero-order chi connectivity index (χ0) is 10.6. The van der Waals surface area contributed by atoms with Crippen molar-refractivity contribution in [3.05, 3.63) is 0 Å². The summed E-state index contributed by atoms with van der Waals surface area (Å²) in [7, 11) is 2.15. The van der Waals surface area contributed by atoms with E-state index in [-0.39, 0.29) is 0 Å². The predicted octanol–water partition coefficient (Wildman–Crippen LogP) is 2.07. The van der Waals surface area contributed by atoms with E-state index in [1.54, 1.807) is 0 Å². The molecule has 14 heavy (non-hydrogen) atoms. The molecule has 1 N–H and O–H groups in total. The van der Waals surface area contributed by atoms with Gasteiger partial charge in [-0.25, -0.2) is 0 Å². The van der Waals surface area contributed by atoms with Gasteiger partial charge in [0.25, 0.3) is 0 Å². The second kappa shape index (κ2) is 10.6. The number of hydrogen-bond donors (Lipinski definition) is 1. The van der Waals surface area contributed by atoms with Crippen molar-refractivity contribution in [3.8, 4) is 11.8 Å². The number of rotatable bonds is 8. The maximum absolute atomic E-state index is 3.28. The predicted molar refractivity (Wildman–Crippen MR) is 63.1 cm³/mol. The van der Waals surface area contributed by atoms with Crippen LogP contribution in [0, 0.1) is 11.8 Å². The average Bonchev–Trinajstić information content (AvgIpc) is 2.19. The Kier molecular flexibility index (Phi) is 10.2. The van der Waals surface area contributed by atoms with E-state index in [0.717, 1.165) is 13.2 Å². The molecule has 0 aromatic rings. The first-order chi connectivity index (χ1) is 6.81. The monoisotopic (exact) mass is 196 g/mol. The minimum Gasteiger partial charge on any atom is -0.294 e. The fourth-order valence-electron chi connectivity index (χ4n) is 1.29. The minimum absolute atomic E-state index is 0.801. The zero-order valence-corrected chi connectivity index (χ0v) is 9.90. The van der Waals surface area contributed by atoms with Gasteiger partial charge >= 0.3 is 0 Å². The topological polar surface area (TPSA) is 15.3 Å². The molecule has 0 radical (unpaired) electrons. The van der Waals surface area contributed by atoms with Crippen LogP contribution in [0.5, 0.6) is 0 Å². The molecule has 82 valence electrons. The molecule has 2 nitrogen and oxygen atoms in total. The largest absolute Gasteiger partial charge is 0.294 e. The number of nitrogens with one attached hydrogen (secondary N) is 1. The first-order valence-corrected chi connectivity index (χ1v) is 5.60. The van der Waals surface area contributed by atoms with Gasteiger partial charge in [-0.2, -0.15) is 0 Å². The summed E-state index contributed by atoms with van der Waals surface area (Å²) in [5.41, 5.74) is 0. The highest BCUT2D eigenvalue weighted by Gasteiger charge is 1.95. The lowest BCUT2D eigenvalue weighted by molar-refractivity contribution is 0.305. The molecular formula is C12H24N2. The van der Waals surface area contributed by atoms with Crippen molar-refractivity contribution in [2.45, 2.75) is 39.5 Å². The van der Waals surface area contributed by atoms with Gasteiger partial charge in [-0.15, -0.1) is 5.92 Å². The normalized spacial score (nSPS) is 10.0. The highest BCUT2D eigenvalue weighted by Crippen LogP contribution is 1.99. The third-order valence-electron chi connectivity index (χ3n) is 2.17. The van der Waals surface area contributed by atoms with Crippen molar-refractivity contribution in [3.63, 3.8) is 0 Å². The van der Waals surface area contributed by atoms with Crippen LogP contribution in [0.15, 0.2) is 0 Å². The summed E-state index contributed by atoms with van der Waals surface area (Å²) >= 11 is 0. The van der Waals surface area contributed by atoms with Crippen LogP contribution in [-0.4, -0.2) is 31.7 Å². The van der Waals surface area contributed by atoms with Crippen LogP contribution in [0.25, 0.3) is 0 Å².